The molecule has 4 aromatic carbocycles. The Morgan fingerprint density at radius 1 is 0.788 bits per heavy atom. The SMILES string of the molecule is CNC(=O)c1ccccc1[C@@H](c1ccccc1)[C@@H](O)c1ccc(OCc2ccccc2)cc1. The van der Waals surface area contributed by atoms with E-state index < -0.39 is 12.0 Å². The Morgan fingerprint density at radius 3 is 2.06 bits per heavy atom. The van der Waals surface area contributed by atoms with Crippen molar-refractivity contribution in [2.75, 3.05) is 7.05 Å². The maximum Gasteiger partial charge on any atom is 0.251 e. The molecular formula is C29H27NO3. The summed E-state index contributed by atoms with van der Waals surface area (Å²) in [6, 6.07) is 34.7. The number of hydrogen-bond acceptors (Lipinski definition) is 3. The van der Waals surface area contributed by atoms with Gasteiger partial charge in [0, 0.05) is 18.5 Å². The van der Waals surface area contributed by atoms with Crippen molar-refractivity contribution in [2.45, 2.75) is 18.6 Å². The van der Waals surface area contributed by atoms with Gasteiger partial charge >= 0.3 is 0 Å². The average Bonchev–Trinajstić information content (AvgIpc) is 2.89. The second kappa shape index (κ2) is 10.6. The lowest BCUT2D eigenvalue weighted by Crippen LogP contribution is -2.22. The monoisotopic (exact) mass is 437 g/mol. The van der Waals surface area contributed by atoms with Gasteiger partial charge in [-0.15, -0.1) is 0 Å². The van der Waals surface area contributed by atoms with Crippen LogP contribution < -0.4 is 10.1 Å². The van der Waals surface area contributed by atoms with Crippen LogP contribution in [0.3, 0.4) is 0 Å². The quantitative estimate of drug-likeness (QED) is 0.383. The summed E-state index contributed by atoms with van der Waals surface area (Å²) in [5.41, 5.74) is 4.11. The highest BCUT2D eigenvalue weighted by molar-refractivity contribution is 5.95. The van der Waals surface area contributed by atoms with E-state index in [4.69, 9.17) is 4.74 Å². The molecule has 166 valence electrons. The molecule has 4 aromatic rings. The van der Waals surface area contributed by atoms with E-state index in [2.05, 4.69) is 5.32 Å². The molecular weight excluding hydrogens is 410 g/mol. The minimum absolute atomic E-state index is 0.177. The fourth-order valence-electron chi connectivity index (χ4n) is 4.00. The van der Waals surface area contributed by atoms with Gasteiger partial charge in [-0.1, -0.05) is 91.0 Å². The van der Waals surface area contributed by atoms with Gasteiger partial charge < -0.3 is 15.2 Å². The molecule has 0 aliphatic carbocycles. The predicted octanol–water partition coefficient (Wildman–Crippen LogP) is 5.49. The van der Waals surface area contributed by atoms with E-state index in [1.807, 2.05) is 103 Å². The summed E-state index contributed by atoms with van der Waals surface area (Å²) in [5.74, 6) is 0.149. The minimum Gasteiger partial charge on any atom is -0.489 e. The first-order chi connectivity index (χ1) is 16.2. The van der Waals surface area contributed by atoms with Gasteiger partial charge in [0.05, 0.1) is 6.10 Å². The van der Waals surface area contributed by atoms with E-state index in [0.29, 0.717) is 12.2 Å². The maximum absolute atomic E-state index is 12.6. The van der Waals surface area contributed by atoms with Crippen LogP contribution >= 0.6 is 0 Å². The highest BCUT2D eigenvalue weighted by atomic mass is 16.5. The molecule has 0 unspecified atom stereocenters. The van der Waals surface area contributed by atoms with Gasteiger partial charge in [0.15, 0.2) is 0 Å². The molecule has 0 aliphatic rings. The normalized spacial score (nSPS) is 12.5. The van der Waals surface area contributed by atoms with Crippen LogP contribution in [-0.2, 0) is 6.61 Å². The molecule has 4 rings (SSSR count). The molecule has 0 heterocycles. The number of carbonyl (C=O) groups excluding carboxylic acids is 1. The number of rotatable bonds is 8. The molecule has 0 fully saturated rings. The van der Waals surface area contributed by atoms with Crippen molar-refractivity contribution in [1.29, 1.82) is 0 Å². The van der Waals surface area contributed by atoms with E-state index in [9.17, 15) is 9.90 Å². The second-order valence-electron chi connectivity index (χ2n) is 7.84. The summed E-state index contributed by atoms with van der Waals surface area (Å²) in [7, 11) is 1.61. The first-order valence-corrected chi connectivity index (χ1v) is 11.0. The Labute approximate surface area is 194 Å². The Balaban J connectivity index is 1.63. The molecule has 0 saturated carbocycles. The Bertz CT molecular complexity index is 1170. The van der Waals surface area contributed by atoms with Gasteiger partial charge in [-0.2, -0.15) is 0 Å². The topological polar surface area (TPSA) is 58.6 Å². The van der Waals surface area contributed by atoms with Crippen LogP contribution in [0.2, 0.25) is 0 Å². The molecule has 1 amide bonds. The molecule has 0 aromatic heterocycles. The predicted molar refractivity (Wildman–Crippen MR) is 130 cm³/mol. The summed E-state index contributed by atoms with van der Waals surface area (Å²) in [6.07, 6.45) is -0.846. The van der Waals surface area contributed by atoms with Gasteiger partial charge in [0.2, 0.25) is 0 Å². The van der Waals surface area contributed by atoms with E-state index in [1.165, 1.54) is 0 Å². The van der Waals surface area contributed by atoms with Gasteiger partial charge in [0.25, 0.3) is 5.91 Å². The number of benzene rings is 4. The number of aliphatic hydroxyl groups excluding tert-OH is 1. The van der Waals surface area contributed by atoms with Gasteiger partial charge in [-0.05, 0) is 40.5 Å². The zero-order chi connectivity index (χ0) is 23.0. The van der Waals surface area contributed by atoms with Crippen LogP contribution in [0.1, 0.15) is 44.6 Å². The first kappa shape index (κ1) is 22.3. The highest BCUT2D eigenvalue weighted by Gasteiger charge is 2.28. The lowest BCUT2D eigenvalue weighted by molar-refractivity contribution is 0.0960. The van der Waals surface area contributed by atoms with Crippen molar-refractivity contribution in [2.24, 2.45) is 0 Å². The number of hydrogen-bond donors (Lipinski definition) is 2. The zero-order valence-corrected chi connectivity index (χ0v) is 18.5. The van der Waals surface area contributed by atoms with Crippen LogP contribution in [0.4, 0.5) is 0 Å². The van der Waals surface area contributed by atoms with E-state index in [1.54, 1.807) is 13.1 Å². The highest BCUT2D eigenvalue weighted by Crippen LogP contribution is 2.38. The lowest BCUT2D eigenvalue weighted by atomic mass is 9.81. The zero-order valence-electron chi connectivity index (χ0n) is 18.5. The van der Waals surface area contributed by atoms with E-state index in [-0.39, 0.29) is 5.91 Å². The van der Waals surface area contributed by atoms with Crippen LogP contribution in [0.25, 0.3) is 0 Å². The maximum atomic E-state index is 12.6. The Morgan fingerprint density at radius 2 is 1.39 bits per heavy atom. The fourth-order valence-corrected chi connectivity index (χ4v) is 4.00. The van der Waals surface area contributed by atoms with Crippen molar-refractivity contribution in [1.82, 2.24) is 5.32 Å². The third-order valence-electron chi connectivity index (χ3n) is 5.71. The van der Waals surface area contributed by atoms with Crippen LogP contribution in [0.5, 0.6) is 5.75 Å². The van der Waals surface area contributed by atoms with Crippen molar-refractivity contribution < 1.29 is 14.6 Å². The van der Waals surface area contributed by atoms with Gasteiger partial charge in [0.1, 0.15) is 12.4 Å². The molecule has 0 radical (unpaired) electrons. The van der Waals surface area contributed by atoms with Crippen molar-refractivity contribution in [3.05, 3.63) is 137 Å². The summed E-state index contributed by atoms with van der Waals surface area (Å²) in [5, 5.41) is 14.2. The molecule has 4 heteroatoms. The molecule has 2 N–H and O–H groups in total. The van der Waals surface area contributed by atoms with Crippen molar-refractivity contribution in [3.8, 4) is 5.75 Å². The number of amides is 1. The smallest absolute Gasteiger partial charge is 0.251 e. The number of nitrogens with one attached hydrogen (secondary N) is 1. The van der Waals surface area contributed by atoms with Crippen LogP contribution in [-0.4, -0.2) is 18.1 Å². The third-order valence-corrected chi connectivity index (χ3v) is 5.71. The standard InChI is InChI=1S/C29H27NO3/c1-30-29(32)26-15-9-8-14-25(26)27(22-12-6-3-7-13-22)28(31)23-16-18-24(19-17-23)33-20-21-10-4-2-5-11-21/h2-19,27-28,31H,20H2,1H3,(H,30,32)/t27-,28+/m1/s1. The molecule has 0 bridgehead atoms. The number of ether oxygens (including phenoxy) is 1. The first-order valence-electron chi connectivity index (χ1n) is 11.0. The number of aliphatic hydroxyl groups is 1. The average molecular weight is 438 g/mol. The van der Waals surface area contributed by atoms with Gasteiger partial charge in [-0.3, -0.25) is 4.79 Å². The summed E-state index contributed by atoms with van der Waals surface area (Å²) in [6.45, 7) is 0.481. The minimum atomic E-state index is -0.846. The Hall–Kier alpha value is -3.89. The fraction of sp³-hybridized carbons (Fsp3) is 0.138. The Kier molecular flexibility index (Phi) is 7.18. The molecule has 2 atom stereocenters. The summed E-state index contributed by atoms with van der Waals surface area (Å²) >= 11 is 0. The van der Waals surface area contributed by atoms with E-state index >= 15 is 0 Å². The van der Waals surface area contributed by atoms with E-state index in [0.717, 1.165) is 28.0 Å². The second-order valence-corrected chi connectivity index (χ2v) is 7.84. The van der Waals surface area contributed by atoms with Crippen LogP contribution in [0, 0.1) is 0 Å². The molecule has 0 aliphatic heterocycles. The van der Waals surface area contributed by atoms with Crippen molar-refractivity contribution in [3.63, 3.8) is 0 Å². The van der Waals surface area contributed by atoms with Gasteiger partial charge in [-0.25, -0.2) is 0 Å². The molecule has 4 nitrogen and oxygen atoms in total. The largest absolute Gasteiger partial charge is 0.489 e. The summed E-state index contributed by atoms with van der Waals surface area (Å²) < 4.78 is 5.89. The van der Waals surface area contributed by atoms with Crippen LogP contribution in [0.15, 0.2) is 109 Å². The lowest BCUT2D eigenvalue weighted by Gasteiger charge is -2.26. The molecule has 33 heavy (non-hydrogen) atoms. The molecule has 0 spiro atoms. The number of carbonyl (C=O) groups is 1. The molecule has 0 saturated heterocycles. The summed E-state index contributed by atoms with van der Waals surface area (Å²) in [4.78, 5) is 12.6. The third kappa shape index (κ3) is 5.30. The van der Waals surface area contributed by atoms with Crippen molar-refractivity contribution >= 4 is 5.91 Å².